The molecule has 1 radical (unpaired) electrons. The molecule has 0 aliphatic carbocycles. The molecule has 1 fully saturated rings. The summed E-state index contributed by atoms with van der Waals surface area (Å²) in [7, 11) is 0. The van der Waals surface area contributed by atoms with Gasteiger partial charge in [0.05, 0.1) is 0 Å². The van der Waals surface area contributed by atoms with Crippen LogP contribution >= 0.6 is 11.6 Å². The maximum Gasteiger partial charge on any atom is 0.0440 e. The zero-order valence-corrected chi connectivity index (χ0v) is 16.3. The molecule has 1 aromatic carbocycles. The van der Waals surface area contributed by atoms with Crippen LogP contribution in [0.3, 0.4) is 0 Å². The van der Waals surface area contributed by atoms with Crippen molar-refractivity contribution in [3.8, 4) is 0 Å². The Labute approximate surface area is 171 Å². The number of nitrogens with zero attached hydrogens (tertiary/aromatic N) is 1. The molecule has 22 heavy (non-hydrogen) atoms. The number of likely N-dealkylation sites (tertiary alicyclic amines) is 1. The van der Waals surface area contributed by atoms with Gasteiger partial charge in [-0.1, -0.05) is 65.9 Å². The maximum absolute atomic E-state index is 5.92. The molecule has 0 unspecified atom stereocenters. The topological polar surface area (TPSA) is 3.24 Å². The fraction of sp³-hybridized carbons (Fsp3) is 0.684. The molecule has 2 rings (SSSR count). The van der Waals surface area contributed by atoms with Gasteiger partial charge in [-0.3, -0.25) is 0 Å². The van der Waals surface area contributed by atoms with E-state index in [4.69, 9.17) is 11.6 Å². The summed E-state index contributed by atoms with van der Waals surface area (Å²) in [5.41, 5.74) is 1.23. The number of halogens is 1. The second-order valence-electron chi connectivity index (χ2n) is 5.51. The average molecular weight is 405 g/mol. The molecule has 1 heterocycles. The summed E-state index contributed by atoms with van der Waals surface area (Å²) in [5.74, 6) is 0.522. The van der Waals surface area contributed by atoms with Crippen LogP contribution in [0.1, 0.15) is 74.3 Å². The van der Waals surface area contributed by atoms with E-state index < -0.39 is 0 Å². The first-order chi connectivity index (χ1) is 8.52. The average Bonchev–Trinajstić information content (AvgIpc) is 2.83. The molecule has 1 saturated heterocycles. The monoisotopic (exact) mass is 404 g/mol. The Kier molecular flexibility index (Phi) is 22.7. The van der Waals surface area contributed by atoms with Gasteiger partial charge in [0.2, 0.25) is 0 Å². The van der Waals surface area contributed by atoms with Crippen LogP contribution in [0.4, 0.5) is 0 Å². The molecule has 129 valence electrons. The fourth-order valence-electron chi connectivity index (χ4n) is 2.20. The van der Waals surface area contributed by atoms with Crippen molar-refractivity contribution in [2.45, 2.75) is 74.8 Å². The van der Waals surface area contributed by atoms with E-state index in [2.05, 4.69) is 38.7 Å². The molecule has 0 spiro atoms. The third-order valence-electron chi connectivity index (χ3n) is 3.40. The second kappa shape index (κ2) is 16.4. The molecular weight excluding hydrogens is 367 g/mol. The summed E-state index contributed by atoms with van der Waals surface area (Å²) in [5, 5.41) is 0.873. The Hall–Kier alpha value is 0.574. The van der Waals surface area contributed by atoms with Crippen molar-refractivity contribution in [2.75, 3.05) is 13.1 Å². The van der Waals surface area contributed by atoms with Crippen molar-refractivity contribution >= 4 is 11.6 Å². The van der Waals surface area contributed by atoms with E-state index in [1.807, 2.05) is 18.2 Å². The van der Waals surface area contributed by atoms with Crippen LogP contribution in [0, 0.1) is 0 Å². The summed E-state index contributed by atoms with van der Waals surface area (Å²) < 4.78 is 0. The zero-order valence-electron chi connectivity index (χ0n) is 12.7. The predicted octanol–water partition coefficient (Wildman–Crippen LogP) is 6.86. The van der Waals surface area contributed by atoms with Gasteiger partial charge >= 0.3 is 0 Å². The van der Waals surface area contributed by atoms with Gasteiger partial charge < -0.3 is 4.90 Å². The predicted molar refractivity (Wildman–Crippen MR) is 102 cm³/mol. The van der Waals surface area contributed by atoms with Crippen LogP contribution in [0.2, 0.25) is 5.02 Å². The van der Waals surface area contributed by atoms with Crippen LogP contribution in [-0.4, -0.2) is 24.0 Å². The molecule has 0 atom stereocenters. The largest absolute Gasteiger partial charge is 0.301 e. The molecule has 0 bridgehead atoms. The summed E-state index contributed by atoms with van der Waals surface area (Å²) in [4.78, 5) is 2.53. The summed E-state index contributed by atoms with van der Waals surface area (Å²) in [6, 6.07) is 8.73. The second-order valence-corrected chi connectivity index (χ2v) is 5.92. The van der Waals surface area contributed by atoms with Crippen LogP contribution in [0.15, 0.2) is 24.3 Å². The first kappa shape index (κ1) is 30.5. The Morgan fingerprint density at radius 3 is 1.64 bits per heavy atom. The van der Waals surface area contributed by atoms with Crippen molar-refractivity contribution < 1.29 is 32.7 Å². The third kappa shape index (κ3) is 11.2. The van der Waals surface area contributed by atoms with E-state index in [1.165, 1.54) is 31.5 Å². The number of hydrogen-bond acceptors (Lipinski definition) is 1. The van der Waals surface area contributed by atoms with Gasteiger partial charge in [-0.05, 0) is 57.3 Å². The van der Waals surface area contributed by atoms with E-state index in [9.17, 15) is 0 Å². The van der Waals surface area contributed by atoms with Gasteiger partial charge in [0.1, 0.15) is 0 Å². The molecular formula is C19H38ClNY. The van der Waals surface area contributed by atoms with Crippen LogP contribution in [0.25, 0.3) is 0 Å². The van der Waals surface area contributed by atoms with E-state index in [-0.39, 0.29) is 55.0 Å². The SMILES string of the molecule is C.C.C.CC(C)N1CCCC1.CC(C)c1ccccc1Cl.[Y]. The normalized spacial score (nSPS) is 13.0. The van der Waals surface area contributed by atoms with Gasteiger partial charge in [-0.2, -0.15) is 0 Å². The molecule has 1 nitrogen and oxygen atoms in total. The van der Waals surface area contributed by atoms with Gasteiger partial charge in [0, 0.05) is 43.8 Å². The molecule has 3 heteroatoms. The number of hydrogen-bond donors (Lipinski definition) is 0. The van der Waals surface area contributed by atoms with Crippen LogP contribution in [-0.2, 0) is 32.7 Å². The molecule has 1 aliphatic heterocycles. The molecule has 1 aliphatic rings. The Balaban J connectivity index is -0.000000126. The molecule has 0 saturated carbocycles. The van der Waals surface area contributed by atoms with Gasteiger partial charge in [0.25, 0.3) is 0 Å². The molecule has 0 N–H and O–H groups in total. The van der Waals surface area contributed by atoms with E-state index in [0.29, 0.717) is 5.92 Å². The minimum Gasteiger partial charge on any atom is -0.301 e. The minimum absolute atomic E-state index is 0. The number of benzene rings is 1. The Bertz CT molecular complexity index is 347. The van der Waals surface area contributed by atoms with Crippen LogP contribution in [0.5, 0.6) is 0 Å². The zero-order chi connectivity index (χ0) is 13.5. The van der Waals surface area contributed by atoms with Gasteiger partial charge in [-0.15, -0.1) is 0 Å². The number of rotatable bonds is 2. The molecule has 0 amide bonds. The van der Waals surface area contributed by atoms with Crippen molar-refractivity contribution in [1.82, 2.24) is 4.90 Å². The van der Waals surface area contributed by atoms with E-state index >= 15 is 0 Å². The van der Waals surface area contributed by atoms with Crippen molar-refractivity contribution in [3.63, 3.8) is 0 Å². The van der Waals surface area contributed by atoms with Crippen LogP contribution < -0.4 is 0 Å². The maximum atomic E-state index is 5.92. The van der Waals surface area contributed by atoms with E-state index in [1.54, 1.807) is 0 Å². The first-order valence-electron chi connectivity index (χ1n) is 7.01. The Morgan fingerprint density at radius 1 is 0.909 bits per heavy atom. The molecule has 1 aromatic rings. The smallest absolute Gasteiger partial charge is 0.0440 e. The summed E-state index contributed by atoms with van der Waals surface area (Å²) in [6.07, 6.45) is 2.83. The van der Waals surface area contributed by atoms with Crippen molar-refractivity contribution in [1.29, 1.82) is 0 Å². The summed E-state index contributed by atoms with van der Waals surface area (Å²) >= 11 is 5.92. The third-order valence-corrected chi connectivity index (χ3v) is 3.74. The standard InChI is InChI=1S/C9H11Cl.C7H15N.3CH4.Y/c1-7(2)8-5-3-4-6-9(8)10;1-7(2)8-5-3-4-6-8;;;;/h3-7H,1-2H3;7H,3-6H2,1-2H3;3*1H4;. The Morgan fingerprint density at radius 2 is 1.36 bits per heavy atom. The molecule has 0 aromatic heterocycles. The fourth-order valence-corrected chi connectivity index (χ4v) is 2.56. The quantitative estimate of drug-likeness (QED) is 0.520. The summed E-state index contributed by atoms with van der Waals surface area (Å²) in [6.45, 7) is 11.5. The van der Waals surface area contributed by atoms with E-state index in [0.717, 1.165) is 11.1 Å². The van der Waals surface area contributed by atoms with Crippen molar-refractivity contribution in [3.05, 3.63) is 34.9 Å². The van der Waals surface area contributed by atoms with Gasteiger partial charge in [0.15, 0.2) is 0 Å². The minimum atomic E-state index is 0. The van der Waals surface area contributed by atoms with Crippen molar-refractivity contribution in [2.24, 2.45) is 0 Å². The van der Waals surface area contributed by atoms with Gasteiger partial charge in [-0.25, -0.2) is 0 Å². The first-order valence-corrected chi connectivity index (χ1v) is 7.38.